The standard InChI is InChI=1S/C18H25ClN2O5S/c1-25-16-4-3-14(13-15(16)19)18(5-11-26-12-6-18)17(22)20-7-9-21(10-8-20)27(2,23)24/h3-4,13H,5-12H2,1-2H3. The van der Waals surface area contributed by atoms with E-state index in [2.05, 4.69) is 0 Å². The number of hydrogen-bond acceptors (Lipinski definition) is 5. The van der Waals surface area contributed by atoms with Gasteiger partial charge >= 0.3 is 0 Å². The second-order valence-corrected chi connectivity index (χ2v) is 9.39. The van der Waals surface area contributed by atoms with Crippen molar-refractivity contribution in [2.75, 3.05) is 52.8 Å². The molecule has 0 aliphatic carbocycles. The Labute approximate surface area is 165 Å². The van der Waals surface area contributed by atoms with E-state index in [0.717, 1.165) is 5.56 Å². The molecule has 0 aromatic heterocycles. The fourth-order valence-corrected chi connectivity index (χ4v) is 4.92. The monoisotopic (exact) mass is 416 g/mol. The molecule has 2 fully saturated rings. The number of amides is 1. The molecule has 1 aromatic carbocycles. The zero-order valence-electron chi connectivity index (χ0n) is 15.6. The fourth-order valence-electron chi connectivity index (χ4n) is 3.84. The first-order chi connectivity index (χ1) is 12.8. The number of benzene rings is 1. The highest BCUT2D eigenvalue weighted by Crippen LogP contribution is 2.40. The van der Waals surface area contributed by atoms with Crippen LogP contribution >= 0.6 is 11.6 Å². The van der Waals surface area contributed by atoms with E-state index in [-0.39, 0.29) is 5.91 Å². The first kappa shape index (κ1) is 20.4. The molecule has 3 rings (SSSR count). The van der Waals surface area contributed by atoms with Crippen LogP contribution in [0.2, 0.25) is 5.02 Å². The highest BCUT2D eigenvalue weighted by Gasteiger charge is 2.45. The molecule has 1 amide bonds. The molecule has 0 bridgehead atoms. The van der Waals surface area contributed by atoms with Crippen LogP contribution in [0.1, 0.15) is 18.4 Å². The average molecular weight is 417 g/mol. The smallest absolute Gasteiger partial charge is 0.233 e. The van der Waals surface area contributed by atoms with Crippen molar-refractivity contribution in [2.24, 2.45) is 0 Å². The third kappa shape index (κ3) is 4.08. The first-order valence-electron chi connectivity index (χ1n) is 8.94. The summed E-state index contributed by atoms with van der Waals surface area (Å²) in [5.74, 6) is 0.581. The number of halogens is 1. The number of carbonyl (C=O) groups excluding carboxylic acids is 1. The summed E-state index contributed by atoms with van der Waals surface area (Å²) in [4.78, 5) is 15.3. The lowest BCUT2D eigenvalue weighted by atomic mass is 9.73. The Morgan fingerprint density at radius 3 is 2.33 bits per heavy atom. The van der Waals surface area contributed by atoms with Crippen LogP contribution in [0.5, 0.6) is 5.75 Å². The Morgan fingerprint density at radius 1 is 1.19 bits per heavy atom. The number of hydrogen-bond donors (Lipinski definition) is 0. The SMILES string of the molecule is COc1ccc(C2(C(=O)N3CCN(S(C)(=O)=O)CC3)CCOCC2)cc1Cl. The summed E-state index contributed by atoms with van der Waals surface area (Å²) in [5, 5.41) is 0.468. The number of piperazine rings is 1. The summed E-state index contributed by atoms with van der Waals surface area (Å²) < 4.78 is 35.6. The van der Waals surface area contributed by atoms with E-state index in [0.29, 0.717) is 63.0 Å². The van der Waals surface area contributed by atoms with E-state index in [9.17, 15) is 13.2 Å². The molecular weight excluding hydrogens is 392 g/mol. The molecule has 0 saturated carbocycles. The largest absolute Gasteiger partial charge is 0.495 e. The van der Waals surface area contributed by atoms with Gasteiger partial charge in [0.25, 0.3) is 0 Å². The van der Waals surface area contributed by atoms with Crippen LogP contribution < -0.4 is 4.74 Å². The number of methoxy groups -OCH3 is 1. The van der Waals surface area contributed by atoms with Crippen molar-refractivity contribution in [3.63, 3.8) is 0 Å². The summed E-state index contributed by atoms with van der Waals surface area (Å²) >= 11 is 6.32. The Hall–Kier alpha value is -1.35. The number of rotatable bonds is 4. The van der Waals surface area contributed by atoms with Gasteiger partial charge in [0.1, 0.15) is 5.75 Å². The minimum Gasteiger partial charge on any atom is -0.495 e. The number of sulfonamides is 1. The highest BCUT2D eigenvalue weighted by molar-refractivity contribution is 7.88. The van der Waals surface area contributed by atoms with E-state index < -0.39 is 15.4 Å². The maximum absolute atomic E-state index is 13.5. The molecule has 1 aromatic rings. The number of nitrogens with zero attached hydrogens (tertiary/aromatic N) is 2. The van der Waals surface area contributed by atoms with Crippen molar-refractivity contribution >= 4 is 27.5 Å². The van der Waals surface area contributed by atoms with Gasteiger partial charge in [-0.1, -0.05) is 17.7 Å². The van der Waals surface area contributed by atoms with Gasteiger partial charge < -0.3 is 14.4 Å². The summed E-state index contributed by atoms with van der Waals surface area (Å²) in [7, 11) is -1.68. The lowest BCUT2D eigenvalue weighted by Crippen LogP contribution is -2.56. The van der Waals surface area contributed by atoms with Gasteiger partial charge in [-0.3, -0.25) is 4.79 Å². The number of carbonyl (C=O) groups is 1. The minimum atomic E-state index is -3.24. The third-order valence-electron chi connectivity index (χ3n) is 5.45. The van der Waals surface area contributed by atoms with Gasteiger partial charge in [-0.2, -0.15) is 4.31 Å². The van der Waals surface area contributed by atoms with Gasteiger partial charge in [-0.25, -0.2) is 8.42 Å². The van der Waals surface area contributed by atoms with Gasteiger partial charge in [0.2, 0.25) is 15.9 Å². The molecule has 27 heavy (non-hydrogen) atoms. The molecule has 150 valence electrons. The summed E-state index contributed by atoms with van der Waals surface area (Å²) in [6, 6.07) is 5.47. The molecule has 2 saturated heterocycles. The van der Waals surface area contributed by atoms with E-state index in [1.807, 2.05) is 6.07 Å². The molecule has 9 heteroatoms. The van der Waals surface area contributed by atoms with Gasteiger partial charge in [0.15, 0.2) is 0 Å². The molecule has 2 heterocycles. The van der Waals surface area contributed by atoms with E-state index in [1.165, 1.54) is 10.6 Å². The van der Waals surface area contributed by atoms with Crippen LogP contribution in [0.3, 0.4) is 0 Å². The number of ether oxygens (including phenoxy) is 2. The molecule has 0 spiro atoms. The van der Waals surface area contributed by atoms with E-state index in [4.69, 9.17) is 21.1 Å². The quantitative estimate of drug-likeness (QED) is 0.743. The third-order valence-corrected chi connectivity index (χ3v) is 7.05. The van der Waals surface area contributed by atoms with Crippen LogP contribution in [0.15, 0.2) is 18.2 Å². The molecule has 2 aliphatic heterocycles. The molecule has 0 N–H and O–H groups in total. The predicted molar refractivity (Wildman–Crippen MR) is 103 cm³/mol. The Bertz CT molecular complexity index is 800. The Kier molecular flexibility index (Phi) is 6.00. The van der Waals surface area contributed by atoms with E-state index >= 15 is 0 Å². The molecule has 0 atom stereocenters. The second kappa shape index (κ2) is 7.95. The molecule has 2 aliphatic rings. The maximum Gasteiger partial charge on any atom is 0.233 e. The topological polar surface area (TPSA) is 76.2 Å². The average Bonchev–Trinajstić information content (AvgIpc) is 2.67. The second-order valence-electron chi connectivity index (χ2n) is 7.00. The molecule has 0 radical (unpaired) electrons. The first-order valence-corrected chi connectivity index (χ1v) is 11.2. The van der Waals surface area contributed by atoms with Crippen LogP contribution in [-0.4, -0.2) is 76.3 Å². The lowest BCUT2D eigenvalue weighted by molar-refractivity contribution is -0.142. The van der Waals surface area contributed by atoms with Crippen LogP contribution in [0.4, 0.5) is 0 Å². The Balaban J connectivity index is 1.87. The predicted octanol–water partition coefficient (Wildman–Crippen LogP) is 1.50. The molecule has 7 nitrogen and oxygen atoms in total. The normalized spacial score (nSPS) is 21.1. The summed E-state index contributed by atoms with van der Waals surface area (Å²) in [6.07, 6.45) is 2.34. The molecular formula is C18H25ClN2O5S. The summed E-state index contributed by atoms with van der Waals surface area (Å²) in [6.45, 7) is 2.41. The maximum atomic E-state index is 13.5. The van der Waals surface area contributed by atoms with Gasteiger partial charge in [0, 0.05) is 39.4 Å². The van der Waals surface area contributed by atoms with Crippen molar-refractivity contribution in [1.29, 1.82) is 0 Å². The fraction of sp³-hybridized carbons (Fsp3) is 0.611. The van der Waals surface area contributed by atoms with Gasteiger partial charge in [-0.15, -0.1) is 0 Å². The highest BCUT2D eigenvalue weighted by atomic mass is 35.5. The van der Waals surface area contributed by atoms with E-state index in [1.54, 1.807) is 24.1 Å². The van der Waals surface area contributed by atoms with Crippen LogP contribution in [0.25, 0.3) is 0 Å². The summed E-state index contributed by atoms with van der Waals surface area (Å²) in [5.41, 5.74) is 0.147. The van der Waals surface area contributed by atoms with Gasteiger partial charge in [-0.05, 0) is 30.5 Å². The van der Waals surface area contributed by atoms with Gasteiger partial charge in [0.05, 0.1) is 23.8 Å². The van der Waals surface area contributed by atoms with Crippen molar-refractivity contribution in [3.8, 4) is 5.75 Å². The van der Waals surface area contributed by atoms with Crippen molar-refractivity contribution in [2.45, 2.75) is 18.3 Å². The lowest BCUT2D eigenvalue weighted by Gasteiger charge is -2.42. The molecule has 0 unspecified atom stereocenters. The minimum absolute atomic E-state index is 0.0141. The van der Waals surface area contributed by atoms with Crippen molar-refractivity contribution in [1.82, 2.24) is 9.21 Å². The van der Waals surface area contributed by atoms with Crippen LogP contribution in [-0.2, 0) is 25.0 Å². The van der Waals surface area contributed by atoms with Crippen LogP contribution in [0, 0.1) is 0 Å². The zero-order chi connectivity index (χ0) is 19.7. The Morgan fingerprint density at radius 2 is 1.81 bits per heavy atom. The van der Waals surface area contributed by atoms with Crippen molar-refractivity contribution in [3.05, 3.63) is 28.8 Å². The van der Waals surface area contributed by atoms with Crippen molar-refractivity contribution < 1.29 is 22.7 Å². The zero-order valence-corrected chi connectivity index (χ0v) is 17.2.